The molecular formula is C18H18N2O2. The molecule has 0 aliphatic carbocycles. The van der Waals surface area contributed by atoms with E-state index in [0.29, 0.717) is 23.4 Å². The van der Waals surface area contributed by atoms with Crippen molar-refractivity contribution >= 4 is 11.6 Å². The number of hydrogen-bond donors (Lipinski definition) is 1. The Morgan fingerprint density at radius 3 is 2.73 bits per heavy atom. The molecular weight excluding hydrogens is 276 g/mol. The van der Waals surface area contributed by atoms with Crippen LogP contribution in [-0.2, 0) is 4.79 Å². The molecule has 0 saturated carbocycles. The number of ether oxygens (including phenoxy) is 1. The second-order valence-corrected chi connectivity index (χ2v) is 4.96. The van der Waals surface area contributed by atoms with E-state index in [2.05, 4.69) is 5.32 Å². The van der Waals surface area contributed by atoms with Crippen LogP contribution in [0.2, 0.25) is 0 Å². The maximum Gasteiger partial charge on any atom is 0.265 e. The first-order chi connectivity index (χ1) is 10.6. The van der Waals surface area contributed by atoms with E-state index in [1.807, 2.05) is 44.2 Å². The molecule has 4 heteroatoms. The zero-order valence-electron chi connectivity index (χ0n) is 12.7. The number of carbonyl (C=O) groups excluding carboxylic acids is 1. The number of aryl methyl sites for hydroxylation is 1. The number of anilines is 1. The maximum absolute atomic E-state index is 12.3. The molecule has 0 aliphatic heterocycles. The van der Waals surface area contributed by atoms with Crippen LogP contribution >= 0.6 is 0 Å². The van der Waals surface area contributed by atoms with E-state index >= 15 is 0 Å². The van der Waals surface area contributed by atoms with Gasteiger partial charge in [0.15, 0.2) is 6.10 Å². The van der Waals surface area contributed by atoms with Gasteiger partial charge in [-0.2, -0.15) is 5.26 Å². The lowest BCUT2D eigenvalue weighted by molar-refractivity contribution is -0.122. The van der Waals surface area contributed by atoms with Gasteiger partial charge in [0.05, 0.1) is 11.6 Å². The van der Waals surface area contributed by atoms with Gasteiger partial charge in [-0.05, 0) is 43.2 Å². The molecule has 1 amide bonds. The molecule has 1 N–H and O–H groups in total. The fraction of sp³-hybridized carbons (Fsp3) is 0.222. The second kappa shape index (κ2) is 7.28. The van der Waals surface area contributed by atoms with Crippen molar-refractivity contribution in [3.63, 3.8) is 0 Å². The number of nitrogens with zero attached hydrogens (tertiary/aromatic N) is 1. The molecule has 2 rings (SSSR count). The van der Waals surface area contributed by atoms with Crippen LogP contribution < -0.4 is 10.1 Å². The summed E-state index contributed by atoms with van der Waals surface area (Å²) in [4.78, 5) is 12.3. The highest BCUT2D eigenvalue weighted by molar-refractivity contribution is 5.94. The van der Waals surface area contributed by atoms with E-state index < -0.39 is 6.10 Å². The quantitative estimate of drug-likeness (QED) is 0.915. The first kappa shape index (κ1) is 15.6. The van der Waals surface area contributed by atoms with Gasteiger partial charge in [-0.25, -0.2) is 0 Å². The molecule has 2 aromatic carbocycles. The Labute approximate surface area is 130 Å². The second-order valence-electron chi connectivity index (χ2n) is 4.96. The Morgan fingerprint density at radius 1 is 1.27 bits per heavy atom. The van der Waals surface area contributed by atoms with Crippen molar-refractivity contribution in [2.45, 2.75) is 26.4 Å². The summed E-state index contributed by atoms with van der Waals surface area (Å²) in [6.45, 7) is 3.84. The zero-order chi connectivity index (χ0) is 15.9. The fourth-order valence-corrected chi connectivity index (χ4v) is 2.05. The van der Waals surface area contributed by atoms with Crippen LogP contribution in [0.3, 0.4) is 0 Å². The standard InChI is InChI=1S/C18H18N2O2/c1-3-16(22-17-10-5-4-7-13(17)2)18(21)20-15-9-6-8-14(11-15)12-19/h4-11,16H,3H2,1-2H3,(H,20,21). The molecule has 0 bridgehead atoms. The van der Waals surface area contributed by atoms with Gasteiger partial charge in [0.2, 0.25) is 0 Å². The van der Waals surface area contributed by atoms with Gasteiger partial charge in [-0.1, -0.05) is 31.2 Å². The molecule has 22 heavy (non-hydrogen) atoms. The molecule has 0 spiro atoms. The van der Waals surface area contributed by atoms with E-state index in [1.54, 1.807) is 24.3 Å². The topological polar surface area (TPSA) is 62.1 Å². The van der Waals surface area contributed by atoms with E-state index in [4.69, 9.17) is 10.00 Å². The van der Waals surface area contributed by atoms with Gasteiger partial charge in [0.25, 0.3) is 5.91 Å². The number of amides is 1. The minimum absolute atomic E-state index is 0.221. The van der Waals surface area contributed by atoms with Gasteiger partial charge in [-0.15, -0.1) is 0 Å². The molecule has 0 aliphatic rings. The average Bonchev–Trinajstić information content (AvgIpc) is 2.54. The summed E-state index contributed by atoms with van der Waals surface area (Å²) in [5, 5.41) is 11.7. The number of nitriles is 1. The Bertz CT molecular complexity index is 704. The van der Waals surface area contributed by atoms with Gasteiger partial charge >= 0.3 is 0 Å². The lowest BCUT2D eigenvalue weighted by atomic mass is 10.2. The average molecular weight is 294 g/mol. The van der Waals surface area contributed by atoms with Crippen molar-refractivity contribution in [3.05, 3.63) is 59.7 Å². The highest BCUT2D eigenvalue weighted by Crippen LogP contribution is 2.19. The summed E-state index contributed by atoms with van der Waals surface area (Å²) in [6, 6.07) is 16.5. The molecule has 4 nitrogen and oxygen atoms in total. The number of nitrogens with one attached hydrogen (secondary N) is 1. The number of hydrogen-bond acceptors (Lipinski definition) is 3. The van der Waals surface area contributed by atoms with Crippen LogP contribution in [0.1, 0.15) is 24.5 Å². The Balaban J connectivity index is 2.09. The highest BCUT2D eigenvalue weighted by atomic mass is 16.5. The third-order valence-corrected chi connectivity index (χ3v) is 3.29. The van der Waals surface area contributed by atoms with Crippen LogP contribution in [0.15, 0.2) is 48.5 Å². The molecule has 1 atom stereocenters. The first-order valence-corrected chi connectivity index (χ1v) is 7.17. The minimum atomic E-state index is -0.577. The Morgan fingerprint density at radius 2 is 2.05 bits per heavy atom. The monoisotopic (exact) mass is 294 g/mol. The van der Waals surface area contributed by atoms with Crippen molar-refractivity contribution in [2.75, 3.05) is 5.32 Å². The van der Waals surface area contributed by atoms with Crippen molar-refractivity contribution in [1.29, 1.82) is 5.26 Å². The van der Waals surface area contributed by atoms with Crippen molar-refractivity contribution < 1.29 is 9.53 Å². The van der Waals surface area contributed by atoms with Gasteiger partial charge in [0, 0.05) is 5.69 Å². The number of carbonyl (C=O) groups is 1. The lowest BCUT2D eigenvalue weighted by Gasteiger charge is -2.18. The molecule has 0 saturated heterocycles. The summed E-state index contributed by atoms with van der Waals surface area (Å²) in [7, 11) is 0. The van der Waals surface area contributed by atoms with Gasteiger partial charge < -0.3 is 10.1 Å². The number of para-hydroxylation sites is 1. The smallest absolute Gasteiger partial charge is 0.265 e. The van der Waals surface area contributed by atoms with Gasteiger partial charge in [0.1, 0.15) is 5.75 Å². The van der Waals surface area contributed by atoms with Crippen LogP contribution in [0, 0.1) is 18.3 Å². The molecule has 0 aromatic heterocycles. The minimum Gasteiger partial charge on any atom is -0.480 e. The summed E-state index contributed by atoms with van der Waals surface area (Å²) in [6.07, 6.45) is -0.0233. The molecule has 0 heterocycles. The summed E-state index contributed by atoms with van der Waals surface area (Å²) >= 11 is 0. The third-order valence-electron chi connectivity index (χ3n) is 3.29. The number of benzene rings is 2. The van der Waals surface area contributed by atoms with E-state index in [1.165, 1.54) is 0 Å². The molecule has 0 fully saturated rings. The summed E-state index contributed by atoms with van der Waals surface area (Å²) in [5.41, 5.74) is 2.08. The normalized spacial score (nSPS) is 11.3. The van der Waals surface area contributed by atoms with Crippen molar-refractivity contribution in [1.82, 2.24) is 0 Å². The van der Waals surface area contributed by atoms with Crippen molar-refractivity contribution in [2.24, 2.45) is 0 Å². The van der Waals surface area contributed by atoms with E-state index in [0.717, 1.165) is 5.56 Å². The molecule has 112 valence electrons. The zero-order valence-corrected chi connectivity index (χ0v) is 12.7. The fourth-order valence-electron chi connectivity index (χ4n) is 2.05. The van der Waals surface area contributed by atoms with E-state index in [9.17, 15) is 4.79 Å². The molecule has 0 radical (unpaired) electrons. The van der Waals surface area contributed by atoms with Crippen LogP contribution in [-0.4, -0.2) is 12.0 Å². The van der Waals surface area contributed by atoms with Gasteiger partial charge in [-0.3, -0.25) is 4.79 Å². The lowest BCUT2D eigenvalue weighted by Crippen LogP contribution is -2.32. The maximum atomic E-state index is 12.3. The SMILES string of the molecule is CCC(Oc1ccccc1C)C(=O)Nc1cccc(C#N)c1. The highest BCUT2D eigenvalue weighted by Gasteiger charge is 2.19. The largest absolute Gasteiger partial charge is 0.480 e. The number of rotatable bonds is 5. The molecule has 2 aromatic rings. The van der Waals surface area contributed by atoms with E-state index in [-0.39, 0.29) is 5.91 Å². The predicted octanol–water partition coefficient (Wildman–Crippen LogP) is 3.66. The summed E-state index contributed by atoms with van der Waals surface area (Å²) < 4.78 is 5.81. The van der Waals surface area contributed by atoms with Crippen LogP contribution in [0.4, 0.5) is 5.69 Å². The third kappa shape index (κ3) is 3.86. The van der Waals surface area contributed by atoms with Crippen molar-refractivity contribution in [3.8, 4) is 11.8 Å². The van der Waals surface area contributed by atoms with Crippen LogP contribution in [0.25, 0.3) is 0 Å². The Hall–Kier alpha value is -2.80. The summed E-state index contributed by atoms with van der Waals surface area (Å²) in [5.74, 6) is 0.483. The Kier molecular flexibility index (Phi) is 5.16. The van der Waals surface area contributed by atoms with Crippen LogP contribution in [0.5, 0.6) is 5.75 Å². The predicted molar refractivity (Wildman–Crippen MR) is 85.7 cm³/mol. The first-order valence-electron chi connectivity index (χ1n) is 7.17. The molecule has 1 unspecified atom stereocenters.